The lowest BCUT2D eigenvalue weighted by Gasteiger charge is -2.31. The average molecular weight is 429 g/mol. The smallest absolute Gasteiger partial charge is 0.0902 e. The van der Waals surface area contributed by atoms with E-state index in [-0.39, 0.29) is 0 Å². The van der Waals surface area contributed by atoms with Crippen LogP contribution in [0.5, 0.6) is 0 Å². The topological polar surface area (TPSA) is 20.2 Å². The van der Waals surface area contributed by atoms with Crippen molar-refractivity contribution in [3.63, 3.8) is 0 Å². The fourth-order valence-electron chi connectivity index (χ4n) is 5.58. The predicted octanol–water partition coefficient (Wildman–Crippen LogP) is 9.17. The zero-order valence-electron chi connectivity index (χ0n) is 19.7. The maximum Gasteiger partial charge on any atom is 0.0902 e. The number of hydrogen-bond donors (Lipinski definition) is 1. The van der Waals surface area contributed by atoms with E-state index >= 15 is 0 Å². The van der Waals surface area contributed by atoms with Crippen molar-refractivity contribution in [3.8, 4) is 11.1 Å². The van der Waals surface area contributed by atoms with Crippen LogP contribution in [0.1, 0.15) is 95.5 Å². The van der Waals surface area contributed by atoms with Crippen LogP contribution in [0.15, 0.2) is 66.7 Å². The van der Waals surface area contributed by atoms with Gasteiger partial charge in [0, 0.05) is 0 Å². The van der Waals surface area contributed by atoms with Crippen molar-refractivity contribution in [1.29, 1.82) is 0 Å². The fraction of sp³-hybridized carbons (Fsp3) is 0.484. The summed E-state index contributed by atoms with van der Waals surface area (Å²) in [6.45, 7) is 0. The van der Waals surface area contributed by atoms with E-state index in [1.54, 1.807) is 0 Å². The van der Waals surface area contributed by atoms with E-state index in [2.05, 4.69) is 66.7 Å². The normalized spacial score (nSPS) is 19.2. The first-order chi connectivity index (χ1) is 15.8. The van der Waals surface area contributed by atoms with E-state index in [9.17, 15) is 5.11 Å². The summed E-state index contributed by atoms with van der Waals surface area (Å²) in [4.78, 5) is 0. The molecule has 3 aromatic rings. The summed E-state index contributed by atoms with van der Waals surface area (Å²) in [6, 6.07) is 23.8. The van der Waals surface area contributed by atoms with Crippen molar-refractivity contribution in [2.24, 2.45) is 0 Å². The summed E-state index contributed by atoms with van der Waals surface area (Å²) in [5, 5.41) is 14.6. The molecule has 1 N–H and O–H groups in total. The standard InChI is InChI=1S/C31H40O/c32-31(24-15-9-7-5-3-1-2-4-6-8-10-16-25-31)30-23-14-13-21-29(30)28-22-17-19-26-18-11-12-20-27(26)28/h11-14,17-23,32H,1-10,15-16,24-25H2. The number of benzene rings is 3. The lowest BCUT2D eigenvalue weighted by molar-refractivity contribution is 0.0138. The van der Waals surface area contributed by atoms with Crippen molar-refractivity contribution < 1.29 is 5.11 Å². The minimum Gasteiger partial charge on any atom is -0.385 e. The van der Waals surface area contributed by atoms with Crippen LogP contribution in [0.2, 0.25) is 0 Å². The second-order valence-electron chi connectivity index (χ2n) is 9.85. The van der Waals surface area contributed by atoms with Crippen LogP contribution in [-0.4, -0.2) is 5.11 Å². The van der Waals surface area contributed by atoms with Crippen LogP contribution in [0.3, 0.4) is 0 Å². The van der Waals surface area contributed by atoms with Crippen LogP contribution in [0.4, 0.5) is 0 Å². The molecule has 1 fully saturated rings. The van der Waals surface area contributed by atoms with Gasteiger partial charge in [0.05, 0.1) is 5.60 Å². The van der Waals surface area contributed by atoms with Gasteiger partial charge in [-0.15, -0.1) is 0 Å². The molecule has 1 aliphatic rings. The molecule has 170 valence electrons. The Morgan fingerprint density at radius 3 is 1.59 bits per heavy atom. The SMILES string of the molecule is OC1(c2ccccc2-c2cccc3ccccc23)CCCCCCCCCCCCCC1. The van der Waals surface area contributed by atoms with Crippen LogP contribution in [0.25, 0.3) is 21.9 Å². The molecule has 0 radical (unpaired) electrons. The van der Waals surface area contributed by atoms with Crippen LogP contribution >= 0.6 is 0 Å². The zero-order valence-corrected chi connectivity index (χ0v) is 19.7. The third-order valence-electron chi connectivity index (χ3n) is 7.44. The molecule has 1 saturated carbocycles. The summed E-state index contributed by atoms with van der Waals surface area (Å²) in [5.74, 6) is 0. The first-order valence-electron chi connectivity index (χ1n) is 13.1. The zero-order chi connectivity index (χ0) is 22.1. The quantitative estimate of drug-likeness (QED) is 0.431. The number of fused-ring (bicyclic) bond motifs is 1. The molecule has 0 aliphatic heterocycles. The Labute approximate surface area is 194 Å². The van der Waals surface area contributed by atoms with Gasteiger partial charge in [0.25, 0.3) is 0 Å². The van der Waals surface area contributed by atoms with Gasteiger partial charge in [-0.2, -0.15) is 0 Å². The Balaban J connectivity index is 1.64. The molecule has 1 aliphatic carbocycles. The summed E-state index contributed by atoms with van der Waals surface area (Å²) in [6.07, 6.45) is 17.3. The summed E-state index contributed by atoms with van der Waals surface area (Å²) >= 11 is 0. The molecule has 0 aromatic heterocycles. The lowest BCUT2D eigenvalue weighted by atomic mass is 9.79. The first kappa shape index (κ1) is 23.1. The largest absolute Gasteiger partial charge is 0.385 e. The van der Waals surface area contributed by atoms with Gasteiger partial charge in [0.15, 0.2) is 0 Å². The molecule has 0 amide bonds. The van der Waals surface area contributed by atoms with E-state index in [0.29, 0.717) is 0 Å². The number of hydrogen-bond acceptors (Lipinski definition) is 1. The van der Waals surface area contributed by atoms with Crippen molar-refractivity contribution in [2.75, 3.05) is 0 Å². The minimum atomic E-state index is -0.742. The molecule has 1 nitrogen and oxygen atoms in total. The third kappa shape index (κ3) is 5.81. The molecule has 32 heavy (non-hydrogen) atoms. The van der Waals surface area contributed by atoms with Gasteiger partial charge in [-0.3, -0.25) is 0 Å². The number of aliphatic hydroxyl groups is 1. The molecular formula is C31H40O. The number of rotatable bonds is 2. The third-order valence-corrected chi connectivity index (χ3v) is 7.44. The Morgan fingerprint density at radius 1 is 0.469 bits per heavy atom. The fourth-order valence-corrected chi connectivity index (χ4v) is 5.58. The van der Waals surface area contributed by atoms with Gasteiger partial charge in [-0.25, -0.2) is 0 Å². The maximum atomic E-state index is 12.1. The highest BCUT2D eigenvalue weighted by Crippen LogP contribution is 2.41. The Morgan fingerprint density at radius 2 is 0.938 bits per heavy atom. The predicted molar refractivity (Wildman–Crippen MR) is 138 cm³/mol. The van der Waals surface area contributed by atoms with E-state index in [0.717, 1.165) is 31.2 Å². The van der Waals surface area contributed by atoms with Gasteiger partial charge in [-0.1, -0.05) is 144 Å². The van der Waals surface area contributed by atoms with Crippen molar-refractivity contribution in [1.82, 2.24) is 0 Å². The molecule has 0 saturated heterocycles. The van der Waals surface area contributed by atoms with E-state index in [4.69, 9.17) is 0 Å². The van der Waals surface area contributed by atoms with Gasteiger partial charge in [0.1, 0.15) is 0 Å². The lowest BCUT2D eigenvalue weighted by Crippen LogP contribution is -2.26. The highest BCUT2D eigenvalue weighted by atomic mass is 16.3. The second kappa shape index (κ2) is 11.7. The minimum absolute atomic E-state index is 0.742. The van der Waals surface area contributed by atoms with Gasteiger partial charge >= 0.3 is 0 Å². The van der Waals surface area contributed by atoms with Crippen molar-refractivity contribution in [2.45, 2.75) is 95.5 Å². The van der Waals surface area contributed by atoms with Crippen molar-refractivity contribution in [3.05, 3.63) is 72.3 Å². The van der Waals surface area contributed by atoms with E-state index in [1.165, 1.54) is 86.1 Å². The first-order valence-corrected chi connectivity index (χ1v) is 13.1. The maximum absolute atomic E-state index is 12.1. The summed E-state index contributed by atoms with van der Waals surface area (Å²) < 4.78 is 0. The Kier molecular flexibility index (Phi) is 8.40. The highest BCUT2D eigenvalue weighted by molar-refractivity contribution is 5.97. The average Bonchev–Trinajstić information content (AvgIpc) is 2.84. The monoisotopic (exact) mass is 428 g/mol. The Bertz CT molecular complexity index is 952. The molecule has 0 atom stereocenters. The van der Waals surface area contributed by atoms with Crippen LogP contribution in [-0.2, 0) is 5.60 Å². The summed E-state index contributed by atoms with van der Waals surface area (Å²) in [7, 11) is 0. The van der Waals surface area contributed by atoms with Crippen LogP contribution in [0, 0.1) is 0 Å². The van der Waals surface area contributed by atoms with Crippen molar-refractivity contribution >= 4 is 10.8 Å². The molecule has 0 heterocycles. The molecule has 0 unspecified atom stereocenters. The molecule has 4 rings (SSSR count). The van der Waals surface area contributed by atoms with Gasteiger partial charge in [-0.05, 0) is 40.3 Å². The van der Waals surface area contributed by atoms with Crippen LogP contribution < -0.4 is 0 Å². The summed E-state index contributed by atoms with van der Waals surface area (Å²) in [5.41, 5.74) is 2.82. The Hall–Kier alpha value is -2.12. The second-order valence-corrected chi connectivity index (χ2v) is 9.85. The van der Waals surface area contributed by atoms with Gasteiger partial charge in [0.2, 0.25) is 0 Å². The molecular weight excluding hydrogens is 388 g/mol. The molecule has 0 bridgehead atoms. The van der Waals surface area contributed by atoms with Gasteiger partial charge < -0.3 is 5.11 Å². The molecule has 3 aromatic carbocycles. The highest BCUT2D eigenvalue weighted by Gasteiger charge is 2.31. The van der Waals surface area contributed by atoms with E-state index < -0.39 is 5.60 Å². The molecule has 1 heteroatoms. The molecule has 0 spiro atoms. The van der Waals surface area contributed by atoms with E-state index in [1.807, 2.05) is 0 Å².